The summed E-state index contributed by atoms with van der Waals surface area (Å²) in [5.74, 6) is 0.404. The molecule has 1 atom stereocenters. The van der Waals surface area contributed by atoms with Crippen LogP contribution in [0, 0.1) is 11.3 Å². The average molecular weight is 458 g/mol. The third kappa shape index (κ3) is 4.32. The van der Waals surface area contributed by atoms with Crippen LogP contribution >= 0.6 is 23.2 Å². The molecule has 2 aromatic rings. The number of pyridine rings is 1. The van der Waals surface area contributed by atoms with Gasteiger partial charge in [-0.2, -0.15) is 5.26 Å². The zero-order chi connectivity index (χ0) is 22.0. The van der Waals surface area contributed by atoms with Crippen molar-refractivity contribution >= 4 is 40.8 Å². The molecule has 0 aliphatic carbocycles. The normalized spacial score (nSPS) is 18.7. The second kappa shape index (κ2) is 9.13. The Bertz CT molecular complexity index is 1050. The largest absolute Gasteiger partial charge is 0.352 e. The van der Waals surface area contributed by atoms with Crippen molar-refractivity contribution in [2.75, 3.05) is 37.6 Å². The quantitative estimate of drug-likeness (QED) is 0.706. The molecule has 31 heavy (non-hydrogen) atoms. The lowest BCUT2D eigenvalue weighted by molar-refractivity contribution is -0.135. The first-order valence-corrected chi connectivity index (χ1v) is 10.9. The molecule has 2 saturated heterocycles. The highest BCUT2D eigenvalue weighted by atomic mass is 35.5. The van der Waals surface area contributed by atoms with Crippen LogP contribution in [0.2, 0.25) is 10.0 Å². The molecule has 0 bridgehead atoms. The van der Waals surface area contributed by atoms with Gasteiger partial charge in [0, 0.05) is 44.5 Å². The molecule has 2 aliphatic heterocycles. The zero-order valence-corrected chi connectivity index (χ0v) is 18.3. The van der Waals surface area contributed by atoms with Gasteiger partial charge in [-0.05, 0) is 43.2 Å². The number of benzene rings is 1. The van der Waals surface area contributed by atoms with Crippen LogP contribution in [-0.2, 0) is 4.79 Å². The molecule has 0 saturated carbocycles. The second-order valence-corrected chi connectivity index (χ2v) is 8.40. The molecule has 0 spiro atoms. The summed E-state index contributed by atoms with van der Waals surface area (Å²) >= 11 is 12.0. The number of nitriles is 1. The number of hydrogen-bond donors (Lipinski definition) is 0. The van der Waals surface area contributed by atoms with Gasteiger partial charge in [-0.15, -0.1) is 0 Å². The number of aromatic nitrogens is 1. The number of hydrogen-bond acceptors (Lipinski definition) is 5. The number of rotatable bonds is 3. The molecule has 4 rings (SSSR count). The first kappa shape index (κ1) is 21.4. The van der Waals surface area contributed by atoms with Crippen molar-refractivity contribution < 1.29 is 9.59 Å². The van der Waals surface area contributed by atoms with Crippen LogP contribution < -0.4 is 4.90 Å². The van der Waals surface area contributed by atoms with Crippen molar-refractivity contribution in [3.05, 3.63) is 57.7 Å². The minimum atomic E-state index is -0.474. The minimum absolute atomic E-state index is 0.0351. The second-order valence-electron chi connectivity index (χ2n) is 7.58. The molecule has 0 N–H and O–H groups in total. The molecular formula is C22H21Cl2N5O2. The number of nitrogens with zero attached hydrogens (tertiary/aromatic N) is 5. The predicted octanol–water partition coefficient (Wildman–Crippen LogP) is 3.21. The maximum Gasteiger partial charge on any atom is 0.254 e. The van der Waals surface area contributed by atoms with Gasteiger partial charge < -0.3 is 14.7 Å². The van der Waals surface area contributed by atoms with Gasteiger partial charge in [0.05, 0.1) is 15.6 Å². The average Bonchev–Trinajstić information content (AvgIpc) is 3.30. The van der Waals surface area contributed by atoms with Crippen molar-refractivity contribution in [3.63, 3.8) is 0 Å². The van der Waals surface area contributed by atoms with Crippen molar-refractivity contribution in [3.8, 4) is 6.07 Å². The standard InChI is InChI=1S/C22H21Cl2N5O2/c23-17-6-5-15(13-18(17)24)21(30)29-8-2-4-19(29)22(31)28-11-9-27(10-12-28)20-16(14-25)3-1-7-26-20/h1,3,5-7,13,19H,2,4,8-12H2. The molecule has 3 heterocycles. The molecular weight excluding hydrogens is 437 g/mol. The SMILES string of the molecule is N#Cc1cccnc1N1CCN(C(=O)C2CCCN2C(=O)c2ccc(Cl)c(Cl)c2)CC1. The van der Waals surface area contributed by atoms with Gasteiger partial charge >= 0.3 is 0 Å². The number of likely N-dealkylation sites (tertiary alicyclic amines) is 1. The molecule has 1 unspecified atom stereocenters. The van der Waals surface area contributed by atoms with Gasteiger partial charge in [0.15, 0.2) is 0 Å². The number of halogens is 2. The Balaban J connectivity index is 1.43. The first-order valence-electron chi connectivity index (χ1n) is 10.1. The van der Waals surface area contributed by atoms with Crippen LogP contribution in [0.15, 0.2) is 36.5 Å². The summed E-state index contributed by atoms with van der Waals surface area (Å²) in [4.78, 5) is 36.0. The summed E-state index contributed by atoms with van der Waals surface area (Å²) in [7, 11) is 0. The van der Waals surface area contributed by atoms with Gasteiger partial charge in [0.1, 0.15) is 17.9 Å². The van der Waals surface area contributed by atoms with Crippen molar-refractivity contribution in [1.82, 2.24) is 14.8 Å². The van der Waals surface area contributed by atoms with E-state index < -0.39 is 6.04 Å². The van der Waals surface area contributed by atoms with Gasteiger partial charge in [0.25, 0.3) is 5.91 Å². The van der Waals surface area contributed by atoms with E-state index in [1.54, 1.807) is 46.3 Å². The molecule has 2 amide bonds. The van der Waals surface area contributed by atoms with E-state index in [-0.39, 0.29) is 11.8 Å². The Morgan fingerprint density at radius 1 is 1.06 bits per heavy atom. The third-order valence-electron chi connectivity index (χ3n) is 5.76. The van der Waals surface area contributed by atoms with E-state index in [0.29, 0.717) is 66.1 Å². The topological polar surface area (TPSA) is 80.5 Å². The van der Waals surface area contributed by atoms with Crippen molar-refractivity contribution in [2.24, 2.45) is 0 Å². The van der Waals surface area contributed by atoms with Crippen LogP contribution in [0.4, 0.5) is 5.82 Å². The van der Waals surface area contributed by atoms with Crippen LogP contribution in [0.25, 0.3) is 0 Å². The lowest BCUT2D eigenvalue weighted by atomic mass is 10.1. The van der Waals surface area contributed by atoms with Crippen LogP contribution in [-0.4, -0.2) is 65.4 Å². The van der Waals surface area contributed by atoms with Crippen molar-refractivity contribution in [1.29, 1.82) is 5.26 Å². The summed E-state index contributed by atoms with van der Waals surface area (Å²) < 4.78 is 0. The Morgan fingerprint density at radius 3 is 2.55 bits per heavy atom. The molecule has 2 aliphatic rings. The van der Waals surface area contributed by atoms with Gasteiger partial charge in [-0.25, -0.2) is 4.98 Å². The summed E-state index contributed by atoms with van der Waals surface area (Å²) in [6.07, 6.45) is 3.09. The lowest BCUT2D eigenvalue weighted by Crippen LogP contribution is -2.54. The maximum atomic E-state index is 13.2. The third-order valence-corrected chi connectivity index (χ3v) is 6.50. The van der Waals surface area contributed by atoms with E-state index in [0.717, 1.165) is 6.42 Å². The fourth-order valence-corrected chi connectivity index (χ4v) is 4.45. The molecule has 9 heteroatoms. The molecule has 2 fully saturated rings. The smallest absolute Gasteiger partial charge is 0.254 e. The molecule has 0 radical (unpaired) electrons. The number of carbonyl (C=O) groups is 2. The Hall–Kier alpha value is -2.82. The molecule has 1 aromatic carbocycles. The lowest BCUT2D eigenvalue weighted by Gasteiger charge is -2.38. The number of carbonyl (C=O) groups excluding carboxylic acids is 2. The van der Waals surface area contributed by atoms with E-state index >= 15 is 0 Å². The monoisotopic (exact) mass is 457 g/mol. The van der Waals surface area contributed by atoms with Crippen LogP contribution in [0.5, 0.6) is 0 Å². The number of amides is 2. The summed E-state index contributed by atoms with van der Waals surface area (Å²) in [6.45, 7) is 2.75. The molecule has 160 valence electrons. The van der Waals surface area contributed by atoms with Gasteiger partial charge in [-0.1, -0.05) is 23.2 Å². The Labute approximate surface area is 190 Å². The van der Waals surface area contributed by atoms with E-state index in [9.17, 15) is 14.9 Å². The van der Waals surface area contributed by atoms with E-state index in [1.165, 1.54) is 0 Å². The van der Waals surface area contributed by atoms with Crippen molar-refractivity contribution in [2.45, 2.75) is 18.9 Å². The molecule has 1 aromatic heterocycles. The highest BCUT2D eigenvalue weighted by Crippen LogP contribution is 2.27. The molecule has 7 nitrogen and oxygen atoms in total. The van der Waals surface area contributed by atoms with E-state index in [2.05, 4.69) is 11.1 Å². The van der Waals surface area contributed by atoms with Gasteiger partial charge in [0.2, 0.25) is 5.91 Å². The predicted molar refractivity (Wildman–Crippen MR) is 118 cm³/mol. The van der Waals surface area contributed by atoms with E-state index in [1.807, 2.05) is 4.90 Å². The highest BCUT2D eigenvalue weighted by molar-refractivity contribution is 6.42. The Kier molecular flexibility index (Phi) is 6.30. The fraction of sp³-hybridized carbons (Fsp3) is 0.364. The number of anilines is 1. The van der Waals surface area contributed by atoms with Crippen LogP contribution in [0.1, 0.15) is 28.8 Å². The van der Waals surface area contributed by atoms with Gasteiger partial charge in [-0.3, -0.25) is 9.59 Å². The fourth-order valence-electron chi connectivity index (χ4n) is 4.15. The summed E-state index contributed by atoms with van der Waals surface area (Å²) in [5.41, 5.74) is 0.953. The summed E-state index contributed by atoms with van der Waals surface area (Å²) in [5, 5.41) is 10.0. The highest BCUT2D eigenvalue weighted by Gasteiger charge is 2.38. The van der Waals surface area contributed by atoms with E-state index in [4.69, 9.17) is 23.2 Å². The minimum Gasteiger partial charge on any atom is -0.352 e. The van der Waals surface area contributed by atoms with Crippen LogP contribution in [0.3, 0.4) is 0 Å². The zero-order valence-electron chi connectivity index (χ0n) is 16.8. The Morgan fingerprint density at radius 2 is 1.84 bits per heavy atom. The maximum absolute atomic E-state index is 13.2. The first-order chi connectivity index (χ1) is 15.0. The summed E-state index contributed by atoms with van der Waals surface area (Å²) in [6, 6.07) is 9.94. The number of piperazine rings is 1.